The van der Waals surface area contributed by atoms with Gasteiger partial charge in [-0.1, -0.05) is 66.2 Å². The van der Waals surface area contributed by atoms with Gasteiger partial charge < -0.3 is 9.84 Å². The van der Waals surface area contributed by atoms with Crippen molar-refractivity contribution in [3.8, 4) is 11.5 Å². The van der Waals surface area contributed by atoms with Gasteiger partial charge in [-0.25, -0.2) is 5.43 Å². The third kappa shape index (κ3) is 5.10. The van der Waals surface area contributed by atoms with Crippen LogP contribution in [-0.4, -0.2) is 17.2 Å². The van der Waals surface area contributed by atoms with Crippen molar-refractivity contribution in [2.75, 3.05) is 0 Å². The number of rotatable bonds is 6. The second-order valence-corrected chi connectivity index (χ2v) is 8.27. The molecule has 0 heterocycles. The van der Waals surface area contributed by atoms with Crippen LogP contribution in [0.5, 0.6) is 11.5 Å². The van der Waals surface area contributed by atoms with Gasteiger partial charge in [0.25, 0.3) is 5.91 Å². The number of nitrogens with zero attached hydrogens (tertiary/aromatic N) is 1. The van der Waals surface area contributed by atoms with Crippen molar-refractivity contribution in [3.63, 3.8) is 0 Å². The minimum Gasteiger partial charge on any atom is -0.507 e. The zero-order chi connectivity index (χ0) is 22.5. The van der Waals surface area contributed by atoms with E-state index in [0.29, 0.717) is 27.4 Å². The van der Waals surface area contributed by atoms with E-state index in [9.17, 15) is 9.90 Å². The van der Waals surface area contributed by atoms with Crippen molar-refractivity contribution in [1.29, 1.82) is 0 Å². The van der Waals surface area contributed by atoms with Gasteiger partial charge in [0.05, 0.1) is 21.3 Å². The highest BCUT2D eigenvalue weighted by Crippen LogP contribution is 2.34. The number of halogens is 2. The molecular weight excluding hydrogens is 492 g/mol. The molecule has 0 aliphatic carbocycles. The van der Waals surface area contributed by atoms with E-state index in [4.69, 9.17) is 16.3 Å². The molecule has 0 fully saturated rings. The lowest BCUT2D eigenvalue weighted by molar-refractivity contribution is 0.0952. The van der Waals surface area contributed by atoms with Gasteiger partial charge in [-0.2, -0.15) is 5.10 Å². The second kappa shape index (κ2) is 9.85. The van der Waals surface area contributed by atoms with Crippen molar-refractivity contribution in [2.24, 2.45) is 5.10 Å². The first kappa shape index (κ1) is 21.9. The van der Waals surface area contributed by atoms with Crippen LogP contribution in [0.15, 0.2) is 88.4 Å². The maximum Gasteiger partial charge on any atom is 0.275 e. The molecule has 32 heavy (non-hydrogen) atoms. The Morgan fingerprint density at radius 2 is 1.72 bits per heavy atom. The number of hydrazone groups is 1. The fourth-order valence-corrected chi connectivity index (χ4v) is 4.15. The zero-order valence-electron chi connectivity index (χ0n) is 16.8. The van der Waals surface area contributed by atoms with Gasteiger partial charge in [0.1, 0.15) is 12.4 Å². The largest absolute Gasteiger partial charge is 0.507 e. The summed E-state index contributed by atoms with van der Waals surface area (Å²) in [5, 5.41) is 16.3. The summed E-state index contributed by atoms with van der Waals surface area (Å²) < 4.78 is 6.50. The minimum absolute atomic E-state index is 0.109. The molecule has 2 N–H and O–H groups in total. The molecule has 7 heteroatoms. The van der Waals surface area contributed by atoms with Crippen LogP contribution in [0.2, 0.25) is 5.02 Å². The van der Waals surface area contributed by atoms with Gasteiger partial charge in [-0.05, 0) is 62.1 Å². The lowest BCUT2D eigenvalue weighted by Crippen LogP contribution is -2.17. The van der Waals surface area contributed by atoms with Crippen LogP contribution in [0.1, 0.15) is 21.5 Å². The molecule has 0 saturated carbocycles. The number of amides is 1. The van der Waals surface area contributed by atoms with Crippen LogP contribution in [0.25, 0.3) is 10.8 Å². The number of carbonyl (C=O) groups excluding carboxylic acids is 1. The molecular formula is C25H18BrClN2O3. The Hall–Kier alpha value is -3.35. The third-order valence-electron chi connectivity index (χ3n) is 4.73. The van der Waals surface area contributed by atoms with Crippen molar-refractivity contribution in [1.82, 2.24) is 5.43 Å². The summed E-state index contributed by atoms with van der Waals surface area (Å²) in [6.45, 7) is 0.387. The Morgan fingerprint density at radius 1 is 1.03 bits per heavy atom. The summed E-state index contributed by atoms with van der Waals surface area (Å²) in [7, 11) is 0. The summed E-state index contributed by atoms with van der Waals surface area (Å²) in [6, 6.07) is 23.9. The summed E-state index contributed by atoms with van der Waals surface area (Å²) in [6.07, 6.45) is 1.47. The molecule has 0 spiro atoms. The number of fused-ring (bicyclic) bond motifs is 1. The molecule has 4 aromatic carbocycles. The lowest BCUT2D eigenvalue weighted by Gasteiger charge is -2.11. The van der Waals surface area contributed by atoms with E-state index in [1.165, 1.54) is 6.21 Å². The van der Waals surface area contributed by atoms with Crippen LogP contribution in [0.4, 0.5) is 0 Å². The van der Waals surface area contributed by atoms with Crippen LogP contribution >= 0.6 is 27.5 Å². The molecule has 0 radical (unpaired) electrons. The molecule has 0 aliphatic heterocycles. The monoisotopic (exact) mass is 508 g/mol. The molecule has 4 aromatic rings. The Morgan fingerprint density at radius 3 is 2.44 bits per heavy atom. The number of hydrogen-bond acceptors (Lipinski definition) is 4. The van der Waals surface area contributed by atoms with E-state index in [2.05, 4.69) is 26.5 Å². The molecule has 160 valence electrons. The van der Waals surface area contributed by atoms with Gasteiger partial charge in [-0.3, -0.25) is 4.79 Å². The molecule has 0 aromatic heterocycles. The fourth-order valence-electron chi connectivity index (χ4n) is 3.16. The number of phenols is 1. The molecule has 0 bridgehead atoms. The van der Waals surface area contributed by atoms with E-state index in [1.807, 2.05) is 54.6 Å². The first-order valence-electron chi connectivity index (χ1n) is 9.72. The number of carbonyl (C=O) groups is 1. The summed E-state index contributed by atoms with van der Waals surface area (Å²) in [5.41, 5.74) is 4.27. The van der Waals surface area contributed by atoms with Gasteiger partial charge in [-0.15, -0.1) is 0 Å². The molecule has 0 unspecified atom stereocenters. The van der Waals surface area contributed by atoms with E-state index in [0.717, 1.165) is 16.3 Å². The number of aromatic hydroxyl groups is 1. The smallest absolute Gasteiger partial charge is 0.275 e. The van der Waals surface area contributed by atoms with E-state index in [1.54, 1.807) is 24.3 Å². The average molecular weight is 510 g/mol. The van der Waals surface area contributed by atoms with Crippen molar-refractivity contribution >= 4 is 50.4 Å². The van der Waals surface area contributed by atoms with Crippen LogP contribution in [0, 0.1) is 0 Å². The summed E-state index contributed by atoms with van der Waals surface area (Å²) in [5.74, 6) is -0.0996. The van der Waals surface area contributed by atoms with Crippen molar-refractivity contribution < 1.29 is 14.6 Å². The van der Waals surface area contributed by atoms with Crippen LogP contribution in [0.3, 0.4) is 0 Å². The lowest BCUT2D eigenvalue weighted by atomic mass is 10.1. The molecule has 5 nitrogen and oxygen atoms in total. The van der Waals surface area contributed by atoms with Gasteiger partial charge in [0.2, 0.25) is 0 Å². The van der Waals surface area contributed by atoms with E-state index < -0.39 is 5.91 Å². The molecule has 1 amide bonds. The highest BCUT2D eigenvalue weighted by atomic mass is 79.9. The number of phenolic OH excluding ortho intramolecular Hbond substituents is 1. The maximum absolute atomic E-state index is 12.5. The molecule has 0 atom stereocenters. The standard InChI is InChI=1S/C25H18BrClN2O3/c26-21-10-17(11-22(27)24(21)32-15-16-6-2-1-3-7-16)14-28-29-25(31)20-12-18-8-4-5-9-19(18)13-23(20)30/h1-14,30H,15H2,(H,29,31). The zero-order valence-corrected chi connectivity index (χ0v) is 19.1. The van der Waals surface area contributed by atoms with Gasteiger partial charge >= 0.3 is 0 Å². The highest BCUT2D eigenvalue weighted by Gasteiger charge is 2.12. The topological polar surface area (TPSA) is 70.9 Å². The molecule has 4 rings (SSSR count). The fraction of sp³-hybridized carbons (Fsp3) is 0.0400. The van der Waals surface area contributed by atoms with E-state index >= 15 is 0 Å². The summed E-state index contributed by atoms with van der Waals surface area (Å²) in [4.78, 5) is 12.5. The highest BCUT2D eigenvalue weighted by molar-refractivity contribution is 9.10. The Kier molecular flexibility index (Phi) is 6.73. The number of hydrogen-bond donors (Lipinski definition) is 2. The van der Waals surface area contributed by atoms with Crippen LogP contribution < -0.4 is 10.2 Å². The Bertz CT molecular complexity index is 1290. The van der Waals surface area contributed by atoms with Gasteiger partial charge in [0, 0.05) is 0 Å². The van der Waals surface area contributed by atoms with Crippen molar-refractivity contribution in [2.45, 2.75) is 6.61 Å². The molecule has 0 aliphatic rings. The average Bonchev–Trinajstić information content (AvgIpc) is 2.78. The van der Waals surface area contributed by atoms with Gasteiger partial charge in [0.15, 0.2) is 5.75 Å². The Balaban J connectivity index is 1.44. The predicted molar refractivity (Wildman–Crippen MR) is 131 cm³/mol. The van der Waals surface area contributed by atoms with E-state index in [-0.39, 0.29) is 11.3 Å². The first-order valence-corrected chi connectivity index (χ1v) is 10.9. The molecule has 0 saturated heterocycles. The predicted octanol–water partition coefficient (Wildman–Crippen LogP) is 6.30. The van der Waals surface area contributed by atoms with Crippen molar-refractivity contribution in [3.05, 3.63) is 105 Å². The number of benzene rings is 4. The second-order valence-electron chi connectivity index (χ2n) is 7.00. The van der Waals surface area contributed by atoms with Crippen LogP contribution in [-0.2, 0) is 6.61 Å². The maximum atomic E-state index is 12.5. The quantitative estimate of drug-likeness (QED) is 0.236. The summed E-state index contributed by atoms with van der Waals surface area (Å²) >= 11 is 9.85. The number of ether oxygens (including phenoxy) is 1. The minimum atomic E-state index is -0.516. The normalized spacial score (nSPS) is 11.1. The Labute approximate surface area is 198 Å². The first-order chi connectivity index (χ1) is 15.5. The number of nitrogens with one attached hydrogen (secondary N) is 1. The SMILES string of the molecule is O=C(NN=Cc1cc(Cl)c(OCc2ccccc2)c(Br)c1)c1cc2ccccc2cc1O. The third-order valence-corrected chi connectivity index (χ3v) is 5.60.